The van der Waals surface area contributed by atoms with Crippen LogP contribution in [0.5, 0.6) is 0 Å². The largest absolute Gasteiger partial charge is 0.404 e. The summed E-state index contributed by atoms with van der Waals surface area (Å²) in [6.07, 6.45) is 3.50. The summed E-state index contributed by atoms with van der Waals surface area (Å²) in [5.41, 5.74) is 5.59. The maximum absolute atomic E-state index is 8.21. The SMILES string of the molecule is C=CCC(C#N)=CN. The zero-order valence-corrected chi connectivity index (χ0v) is 4.59. The van der Waals surface area contributed by atoms with Gasteiger partial charge in [-0.3, -0.25) is 0 Å². The van der Waals surface area contributed by atoms with E-state index in [1.54, 1.807) is 6.08 Å². The van der Waals surface area contributed by atoms with Crippen LogP contribution < -0.4 is 5.73 Å². The highest BCUT2D eigenvalue weighted by Gasteiger charge is 1.85. The number of nitrogens with zero attached hydrogens (tertiary/aromatic N) is 1. The lowest BCUT2D eigenvalue weighted by Gasteiger charge is -1.83. The third-order valence-corrected chi connectivity index (χ3v) is 0.709. The Morgan fingerprint density at radius 3 is 2.62 bits per heavy atom. The predicted molar refractivity (Wildman–Crippen MR) is 32.7 cm³/mol. The summed E-state index contributed by atoms with van der Waals surface area (Å²) in [6, 6.07) is 1.92. The summed E-state index contributed by atoms with van der Waals surface area (Å²) >= 11 is 0. The van der Waals surface area contributed by atoms with Crippen LogP contribution in [0.1, 0.15) is 6.42 Å². The fourth-order valence-corrected chi connectivity index (χ4v) is 0.306. The lowest BCUT2D eigenvalue weighted by molar-refractivity contribution is 1.26. The van der Waals surface area contributed by atoms with Gasteiger partial charge < -0.3 is 5.73 Å². The van der Waals surface area contributed by atoms with Crippen molar-refractivity contribution in [2.75, 3.05) is 0 Å². The van der Waals surface area contributed by atoms with Crippen LogP contribution in [0.4, 0.5) is 0 Å². The molecule has 42 valence electrons. The molecule has 0 aromatic heterocycles. The first-order valence-electron chi connectivity index (χ1n) is 2.27. The van der Waals surface area contributed by atoms with E-state index < -0.39 is 0 Å². The minimum atomic E-state index is 0.556. The molecule has 0 amide bonds. The standard InChI is InChI=1S/C6H8N2/c1-2-3-6(4-7)5-8/h2,4H,1,3,7H2. The van der Waals surface area contributed by atoms with Crippen LogP contribution >= 0.6 is 0 Å². The monoisotopic (exact) mass is 108 g/mol. The fraction of sp³-hybridized carbons (Fsp3) is 0.167. The molecule has 0 rings (SSSR count). The minimum absolute atomic E-state index is 0.556. The van der Waals surface area contributed by atoms with E-state index in [-0.39, 0.29) is 0 Å². The quantitative estimate of drug-likeness (QED) is 0.422. The zero-order chi connectivity index (χ0) is 6.41. The first-order valence-corrected chi connectivity index (χ1v) is 2.27. The van der Waals surface area contributed by atoms with E-state index in [4.69, 9.17) is 11.0 Å². The molecule has 0 fully saturated rings. The van der Waals surface area contributed by atoms with Crippen LogP contribution in [0.2, 0.25) is 0 Å². The van der Waals surface area contributed by atoms with Gasteiger partial charge in [-0.2, -0.15) is 5.26 Å². The van der Waals surface area contributed by atoms with Gasteiger partial charge in [-0.25, -0.2) is 0 Å². The molecule has 0 atom stereocenters. The third-order valence-electron chi connectivity index (χ3n) is 0.709. The summed E-state index contributed by atoms with van der Waals surface area (Å²) in [4.78, 5) is 0. The lowest BCUT2D eigenvalue weighted by atomic mass is 10.2. The van der Waals surface area contributed by atoms with E-state index in [0.717, 1.165) is 0 Å². The minimum Gasteiger partial charge on any atom is -0.404 e. The average Bonchev–Trinajstić information content (AvgIpc) is 1.83. The molecular formula is C6H8N2. The van der Waals surface area contributed by atoms with Gasteiger partial charge in [0.15, 0.2) is 0 Å². The second-order valence-corrected chi connectivity index (χ2v) is 1.30. The molecule has 0 unspecified atom stereocenters. The van der Waals surface area contributed by atoms with Gasteiger partial charge in [0.2, 0.25) is 0 Å². The highest BCUT2D eigenvalue weighted by molar-refractivity contribution is 5.21. The summed E-state index contributed by atoms with van der Waals surface area (Å²) < 4.78 is 0. The Bertz CT molecular complexity index is 139. The van der Waals surface area contributed by atoms with E-state index in [9.17, 15) is 0 Å². The first kappa shape index (κ1) is 6.77. The molecule has 0 spiro atoms. The Morgan fingerprint density at radius 2 is 2.50 bits per heavy atom. The highest BCUT2D eigenvalue weighted by Crippen LogP contribution is 1.95. The maximum atomic E-state index is 8.21. The van der Waals surface area contributed by atoms with Crippen LogP contribution in [0, 0.1) is 11.3 Å². The highest BCUT2D eigenvalue weighted by atomic mass is 14.5. The molecule has 0 aromatic carbocycles. The van der Waals surface area contributed by atoms with Crippen LogP contribution in [-0.2, 0) is 0 Å². The van der Waals surface area contributed by atoms with Crippen molar-refractivity contribution in [3.8, 4) is 6.07 Å². The van der Waals surface area contributed by atoms with Gasteiger partial charge in [-0.05, 0) is 0 Å². The van der Waals surface area contributed by atoms with Crippen LogP contribution in [0.15, 0.2) is 24.4 Å². The van der Waals surface area contributed by atoms with Crippen molar-refractivity contribution in [2.45, 2.75) is 6.42 Å². The van der Waals surface area contributed by atoms with Crippen LogP contribution in [0.25, 0.3) is 0 Å². The second-order valence-electron chi connectivity index (χ2n) is 1.30. The predicted octanol–water partition coefficient (Wildman–Crippen LogP) is 0.929. The van der Waals surface area contributed by atoms with Crippen molar-refractivity contribution in [1.82, 2.24) is 0 Å². The number of nitrogens with two attached hydrogens (primary N) is 1. The molecule has 0 aliphatic heterocycles. The van der Waals surface area contributed by atoms with Gasteiger partial charge >= 0.3 is 0 Å². The van der Waals surface area contributed by atoms with Crippen molar-refractivity contribution in [1.29, 1.82) is 5.26 Å². The number of nitriles is 1. The molecule has 0 bridgehead atoms. The molecule has 8 heavy (non-hydrogen) atoms. The third kappa shape index (κ3) is 2.04. The first-order chi connectivity index (χ1) is 3.85. The van der Waals surface area contributed by atoms with Gasteiger partial charge in [-0.1, -0.05) is 6.08 Å². The normalized spacial score (nSPS) is 10.1. The van der Waals surface area contributed by atoms with Crippen molar-refractivity contribution in [3.05, 3.63) is 24.4 Å². The Morgan fingerprint density at radius 1 is 1.88 bits per heavy atom. The summed E-state index contributed by atoms with van der Waals surface area (Å²) in [6.45, 7) is 3.45. The molecule has 2 N–H and O–H groups in total. The smallest absolute Gasteiger partial charge is 0.0965 e. The fourth-order valence-electron chi connectivity index (χ4n) is 0.306. The zero-order valence-electron chi connectivity index (χ0n) is 4.59. The van der Waals surface area contributed by atoms with E-state index in [2.05, 4.69) is 6.58 Å². The Labute approximate surface area is 48.9 Å². The van der Waals surface area contributed by atoms with Gasteiger partial charge in [0, 0.05) is 18.2 Å². The van der Waals surface area contributed by atoms with Crippen molar-refractivity contribution < 1.29 is 0 Å². The lowest BCUT2D eigenvalue weighted by Crippen LogP contribution is -1.83. The summed E-state index contributed by atoms with van der Waals surface area (Å²) in [7, 11) is 0. The van der Waals surface area contributed by atoms with Crippen molar-refractivity contribution in [3.63, 3.8) is 0 Å². The topological polar surface area (TPSA) is 49.8 Å². The van der Waals surface area contributed by atoms with Gasteiger partial charge in [-0.15, -0.1) is 6.58 Å². The number of hydrogen-bond donors (Lipinski definition) is 1. The van der Waals surface area contributed by atoms with Gasteiger partial charge in [0.05, 0.1) is 6.07 Å². The van der Waals surface area contributed by atoms with Gasteiger partial charge in [0.1, 0.15) is 0 Å². The van der Waals surface area contributed by atoms with E-state index in [0.29, 0.717) is 12.0 Å². The summed E-state index contributed by atoms with van der Waals surface area (Å²) in [5, 5.41) is 8.21. The molecule has 0 saturated carbocycles. The molecule has 2 nitrogen and oxygen atoms in total. The molecule has 0 radical (unpaired) electrons. The Kier molecular flexibility index (Phi) is 3.34. The van der Waals surface area contributed by atoms with Crippen LogP contribution in [0.3, 0.4) is 0 Å². The van der Waals surface area contributed by atoms with Crippen LogP contribution in [-0.4, -0.2) is 0 Å². The van der Waals surface area contributed by atoms with E-state index in [1.807, 2.05) is 6.07 Å². The van der Waals surface area contributed by atoms with E-state index in [1.165, 1.54) is 6.20 Å². The van der Waals surface area contributed by atoms with Crippen molar-refractivity contribution in [2.24, 2.45) is 5.73 Å². The molecular weight excluding hydrogens is 100 g/mol. The molecule has 0 aliphatic carbocycles. The summed E-state index contributed by atoms with van der Waals surface area (Å²) in [5.74, 6) is 0. The molecule has 0 heterocycles. The number of rotatable bonds is 2. The number of hydrogen-bond acceptors (Lipinski definition) is 2. The second kappa shape index (κ2) is 3.94. The molecule has 0 saturated heterocycles. The van der Waals surface area contributed by atoms with E-state index >= 15 is 0 Å². The maximum Gasteiger partial charge on any atom is 0.0965 e. The molecule has 0 aliphatic rings. The average molecular weight is 108 g/mol. The van der Waals surface area contributed by atoms with Gasteiger partial charge in [0.25, 0.3) is 0 Å². The Hall–Kier alpha value is -1.23. The Balaban J connectivity index is 3.77. The molecule has 0 aromatic rings. The number of allylic oxidation sites excluding steroid dienone is 2. The van der Waals surface area contributed by atoms with Crippen molar-refractivity contribution >= 4 is 0 Å². The molecule has 2 heteroatoms.